The number of piperazine rings is 1. The quantitative estimate of drug-likeness (QED) is 0.650. The predicted molar refractivity (Wildman–Crippen MR) is 69.3 cm³/mol. The molecule has 3 aliphatic heterocycles. The van der Waals surface area contributed by atoms with Crippen LogP contribution in [-0.2, 0) is 0 Å². The van der Waals surface area contributed by atoms with Crippen molar-refractivity contribution in [1.29, 1.82) is 0 Å². The van der Waals surface area contributed by atoms with Crippen LogP contribution in [0.2, 0.25) is 0 Å². The van der Waals surface area contributed by atoms with Gasteiger partial charge in [-0.25, -0.2) is 4.99 Å². The van der Waals surface area contributed by atoms with Crippen LogP contribution in [-0.4, -0.2) is 72.2 Å². The van der Waals surface area contributed by atoms with Crippen LogP contribution >= 0.6 is 0 Å². The van der Waals surface area contributed by atoms with Crippen LogP contribution in [0, 0.1) is 0 Å². The third-order valence-electron chi connectivity index (χ3n) is 3.64. The first-order valence-corrected chi connectivity index (χ1v) is 6.41. The highest BCUT2D eigenvalue weighted by atomic mass is 15.3. The normalized spacial score (nSPS) is 24.8. The fraction of sp³-hybridized carbons (Fsp3) is 0.667. The molecule has 1 saturated heterocycles. The minimum Gasteiger partial charge on any atom is -0.351 e. The van der Waals surface area contributed by atoms with Crippen molar-refractivity contribution in [3.8, 4) is 0 Å². The summed E-state index contributed by atoms with van der Waals surface area (Å²) in [6.45, 7) is 9.65. The summed E-state index contributed by atoms with van der Waals surface area (Å²) in [5, 5.41) is 0. The van der Waals surface area contributed by atoms with Crippen LogP contribution in [0.3, 0.4) is 0 Å². The van der Waals surface area contributed by atoms with Crippen molar-refractivity contribution < 1.29 is 0 Å². The Kier molecular flexibility index (Phi) is 2.84. The smallest absolute Gasteiger partial charge is 0.172 e. The molecule has 0 spiro atoms. The number of likely N-dealkylation sites (N-methyl/N-ethyl adjacent to an activating group) is 1. The molecular weight excluding hydrogens is 214 g/mol. The molecule has 5 nitrogen and oxygen atoms in total. The van der Waals surface area contributed by atoms with Crippen molar-refractivity contribution >= 4 is 11.7 Å². The lowest BCUT2D eigenvalue weighted by Crippen LogP contribution is -2.52. The molecule has 0 saturated carbocycles. The molecule has 0 N–H and O–H groups in total. The van der Waals surface area contributed by atoms with E-state index in [0.717, 1.165) is 57.5 Å². The second kappa shape index (κ2) is 4.49. The SMILES string of the molecule is CCN1CCN(C2=NC=CN3CCN=C23)CC1. The van der Waals surface area contributed by atoms with E-state index in [1.807, 2.05) is 12.4 Å². The molecule has 0 unspecified atom stereocenters. The monoisotopic (exact) mass is 233 g/mol. The standard InChI is InChI=1S/C12H19N5/c1-2-15-7-9-17(10-8-15)12-11-13-3-5-16(11)6-4-14-12/h4,6H,2-3,5,7-10H2,1H3. The molecule has 0 aromatic heterocycles. The zero-order chi connectivity index (χ0) is 11.7. The minimum atomic E-state index is 0.896. The average molecular weight is 233 g/mol. The topological polar surface area (TPSA) is 34.4 Å². The van der Waals surface area contributed by atoms with Crippen LogP contribution in [0.4, 0.5) is 0 Å². The highest BCUT2D eigenvalue weighted by Crippen LogP contribution is 2.13. The highest BCUT2D eigenvalue weighted by Gasteiger charge is 2.28. The molecule has 5 heteroatoms. The van der Waals surface area contributed by atoms with Gasteiger partial charge < -0.3 is 14.7 Å². The zero-order valence-electron chi connectivity index (χ0n) is 10.3. The van der Waals surface area contributed by atoms with E-state index in [-0.39, 0.29) is 0 Å². The summed E-state index contributed by atoms with van der Waals surface area (Å²) in [7, 11) is 0. The molecule has 3 aliphatic rings. The largest absolute Gasteiger partial charge is 0.351 e. The number of fused-ring (bicyclic) bond motifs is 1. The van der Waals surface area contributed by atoms with Gasteiger partial charge in [-0.2, -0.15) is 0 Å². The second-order valence-corrected chi connectivity index (χ2v) is 4.57. The van der Waals surface area contributed by atoms with Crippen molar-refractivity contribution in [2.45, 2.75) is 6.92 Å². The third kappa shape index (κ3) is 1.95. The molecule has 3 rings (SSSR count). The number of hydrogen-bond acceptors (Lipinski definition) is 5. The van der Waals surface area contributed by atoms with Gasteiger partial charge in [0.05, 0.1) is 6.54 Å². The molecular formula is C12H19N5. The first-order valence-electron chi connectivity index (χ1n) is 6.41. The lowest BCUT2D eigenvalue weighted by atomic mass is 10.3. The number of nitrogens with zero attached hydrogens (tertiary/aromatic N) is 5. The van der Waals surface area contributed by atoms with Gasteiger partial charge in [0.25, 0.3) is 0 Å². The van der Waals surface area contributed by atoms with Crippen molar-refractivity contribution in [3.63, 3.8) is 0 Å². The van der Waals surface area contributed by atoms with Gasteiger partial charge in [-0.05, 0) is 6.54 Å². The number of aliphatic imine (C=N–C) groups is 2. The Labute approximate surface area is 102 Å². The van der Waals surface area contributed by atoms with E-state index in [1.54, 1.807) is 0 Å². The Morgan fingerprint density at radius 1 is 1.12 bits per heavy atom. The fourth-order valence-corrected chi connectivity index (χ4v) is 2.55. The van der Waals surface area contributed by atoms with Crippen molar-refractivity contribution in [2.75, 3.05) is 45.8 Å². The summed E-state index contributed by atoms with van der Waals surface area (Å²) in [5.74, 6) is 2.14. The van der Waals surface area contributed by atoms with E-state index in [1.165, 1.54) is 0 Å². The van der Waals surface area contributed by atoms with E-state index < -0.39 is 0 Å². The molecule has 0 amide bonds. The van der Waals surface area contributed by atoms with Crippen LogP contribution in [0.5, 0.6) is 0 Å². The molecule has 0 aliphatic carbocycles. The Morgan fingerprint density at radius 3 is 2.71 bits per heavy atom. The molecule has 0 bridgehead atoms. The van der Waals surface area contributed by atoms with Crippen LogP contribution in [0.1, 0.15) is 6.92 Å². The second-order valence-electron chi connectivity index (χ2n) is 4.57. The molecule has 0 atom stereocenters. The molecule has 17 heavy (non-hydrogen) atoms. The van der Waals surface area contributed by atoms with E-state index in [4.69, 9.17) is 0 Å². The number of hydrogen-bond donors (Lipinski definition) is 0. The lowest BCUT2D eigenvalue weighted by molar-refractivity contribution is 0.190. The van der Waals surface area contributed by atoms with Crippen LogP contribution in [0.15, 0.2) is 22.4 Å². The van der Waals surface area contributed by atoms with Gasteiger partial charge in [-0.15, -0.1) is 0 Å². The highest BCUT2D eigenvalue weighted by molar-refractivity contribution is 6.41. The van der Waals surface area contributed by atoms with E-state index in [9.17, 15) is 0 Å². The van der Waals surface area contributed by atoms with Gasteiger partial charge in [0.2, 0.25) is 0 Å². The lowest BCUT2D eigenvalue weighted by Gasteiger charge is -2.37. The van der Waals surface area contributed by atoms with Crippen LogP contribution < -0.4 is 0 Å². The Balaban J connectivity index is 1.72. The first-order chi connectivity index (χ1) is 8.38. The summed E-state index contributed by atoms with van der Waals surface area (Å²) in [4.78, 5) is 16.1. The number of rotatable bonds is 1. The van der Waals surface area contributed by atoms with Crippen LogP contribution in [0.25, 0.3) is 0 Å². The summed E-state index contributed by atoms with van der Waals surface area (Å²) in [5.41, 5.74) is 0. The van der Waals surface area contributed by atoms with Gasteiger partial charge in [0.15, 0.2) is 11.7 Å². The van der Waals surface area contributed by atoms with E-state index in [0.29, 0.717) is 0 Å². The summed E-state index contributed by atoms with van der Waals surface area (Å²) >= 11 is 0. The maximum absolute atomic E-state index is 4.56. The number of amidine groups is 2. The van der Waals surface area contributed by atoms with Gasteiger partial charge >= 0.3 is 0 Å². The van der Waals surface area contributed by atoms with Crippen molar-refractivity contribution in [2.24, 2.45) is 9.98 Å². The molecule has 0 radical (unpaired) electrons. The zero-order valence-corrected chi connectivity index (χ0v) is 10.3. The van der Waals surface area contributed by atoms with Gasteiger partial charge in [0, 0.05) is 45.1 Å². The third-order valence-corrected chi connectivity index (χ3v) is 3.64. The minimum absolute atomic E-state index is 0.896. The molecule has 92 valence electrons. The Hall–Kier alpha value is -1.36. The molecule has 1 fully saturated rings. The first kappa shape index (κ1) is 10.8. The molecule has 0 aromatic rings. The maximum atomic E-state index is 4.56. The van der Waals surface area contributed by atoms with Crippen molar-refractivity contribution in [3.05, 3.63) is 12.4 Å². The van der Waals surface area contributed by atoms with Gasteiger partial charge in [-0.1, -0.05) is 6.92 Å². The summed E-state index contributed by atoms with van der Waals surface area (Å²) < 4.78 is 0. The Bertz CT molecular complexity index is 376. The Morgan fingerprint density at radius 2 is 1.94 bits per heavy atom. The molecule has 0 aromatic carbocycles. The summed E-state index contributed by atoms with van der Waals surface area (Å²) in [6.07, 6.45) is 3.92. The summed E-state index contributed by atoms with van der Waals surface area (Å²) in [6, 6.07) is 0. The fourth-order valence-electron chi connectivity index (χ4n) is 2.55. The van der Waals surface area contributed by atoms with Crippen molar-refractivity contribution in [1.82, 2.24) is 14.7 Å². The van der Waals surface area contributed by atoms with Gasteiger partial charge in [0.1, 0.15) is 0 Å². The molecule has 3 heterocycles. The van der Waals surface area contributed by atoms with E-state index in [2.05, 4.69) is 31.6 Å². The maximum Gasteiger partial charge on any atom is 0.172 e. The van der Waals surface area contributed by atoms with E-state index >= 15 is 0 Å². The van der Waals surface area contributed by atoms with Gasteiger partial charge in [-0.3, -0.25) is 4.99 Å². The predicted octanol–water partition coefficient (Wildman–Crippen LogP) is 0.221. The average Bonchev–Trinajstić information content (AvgIpc) is 2.87.